The maximum absolute atomic E-state index is 13.5. The second kappa shape index (κ2) is 7.83. The van der Waals surface area contributed by atoms with E-state index in [9.17, 15) is 4.79 Å². The van der Waals surface area contributed by atoms with Gasteiger partial charge in [0, 0.05) is 28.7 Å². The summed E-state index contributed by atoms with van der Waals surface area (Å²) in [5.41, 5.74) is 5.76. The standard InChI is InChI=1S/C26H30N6O/c1-16-13-17(2)19-15-20(25(33)27-21(19)14-16)23(24-28-29-30-32(24)26(3,4)5)31-12-8-10-18-9-6-7-11-22(18)31/h6-7,9,11,13-15,23H,8,10,12H2,1-5H3,(H,27,33)/t23-/m0/s1. The molecule has 0 fully saturated rings. The van der Waals surface area contributed by atoms with E-state index in [-0.39, 0.29) is 11.1 Å². The maximum atomic E-state index is 13.5. The Hall–Kier alpha value is -3.48. The van der Waals surface area contributed by atoms with Gasteiger partial charge in [-0.05, 0) is 92.8 Å². The zero-order chi connectivity index (χ0) is 23.3. The van der Waals surface area contributed by atoms with Crippen molar-refractivity contribution in [3.05, 3.63) is 80.9 Å². The molecule has 0 unspecified atom stereocenters. The highest BCUT2D eigenvalue weighted by atomic mass is 16.1. The summed E-state index contributed by atoms with van der Waals surface area (Å²) in [5.74, 6) is 0.675. The Balaban J connectivity index is 1.79. The zero-order valence-corrected chi connectivity index (χ0v) is 19.9. The van der Waals surface area contributed by atoms with Crippen LogP contribution in [0, 0.1) is 13.8 Å². The van der Waals surface area contributed by atoms with Crippen molar-refractivity contribution in [1.29, 1.82) is 0 Å². The maximum Gasteiger partial charge on any atom is 0.254 e. The lowest BCUT2D eigenvalue weighted by molar-refractivity contribution is 0.329. The quantitative estimate of drug-likeness (QED) is 0.508. The average molecular weight is 443 g/mol. The zero-order valence-electron chi connectivity index (χ0n) is 19.9. The summed E-state index contributed by atoms with van der Waals surface area (Å²) in [6, 6.07) is 14.2. The normalized spacial score (nSPS) is 15.0. The van der Waals surface area contributed by atoms with Crippen LogP contribution in [-0.4, -0.2) is 31.7 Å². The number of aromatic amines is 1. The van der Waals surface area contributed by atoms with Gasteiger partial charge < -0.3 is 9.88 Å². The predicted octanol–water partition coefficient (Wildman–Crippen LogP) is 4.43. The van der Waals surface area contributed by atoms with E-state index in [1.165, 1.54) is 5.56 Å². The lowest BCUT2D eigenvalue weighted by Gasteiger charge is -2.38. The summed E-state index contributed by atoms with van der Waals surface area (Å²) >= 11 is 0. The summed E-state index contributed by atoms with van der Waals surface area (Å²) in [4.78, 5) is 19.0. The van der Waals surface area contributed by atoms with Gasteiger partial charge in [0.2, 0.25) is 0 Å². The number of para-hydroxylation sites is 1. The van der Waals surface area contributed by atoms with E-state index in [0.717, 1.165) is 47.1 Å². The minimum Gasteiger partial charge on any atom is -0.357 e. The van der Waals surface area contributed by atoms with Gasteiger partial charge >= 0.3 is 0 Å². The van der Waals surface area contributed by atoms with Crippen molar-refractivity contribution in [2.45, 2.75) is 59.0 Å². The topological polar surface area (TPSA) is 79.7 Å². The van der Waals surface area contributed by atoms with E-state index in [0.29, 0.717) is 11.4 Å². The molecular weight excluding hydrogens is 412 g/mol. The van der Waals surface area contributed by atoms with E-state index >= 15 is 0 Å². The Morgan fingerprint density at radius 2 is 1.88 bits per heavy atom. The first kappa shape index (κ1) is 21.4. The molecule has 3 heterocycles. The molecular formula is C26H30N6O. The van der Waals surface area contributed by atoms with E-state index in [2.05, 4.69) is 83.4 Å². The fourth-order valence-electron chi connectivity index (χ4n) is 5.01. The number of pyridine rings is 1. The third kappa shape index (κ3) is 3.71. The van der Waals surface area contributed by atoms with E-state index in [1.54, 1.807) is 0 Å². The molecule has 0 bridgehead atoms. The molecule has 7 heteroatoms. The summed E-state index contributed by atoms with van der Waals surface area (Å²) in [7, 11) is 0. The number of tetrazole rings is 1. The average Bonchev–Trinajstić information content (AvgIpc) is 3.25. The van der Waals surface area contributed by atoms with Crippen LogP contribution in [0.4, 0.5) is 5.69 Å². The highest BCUT2D eigenvalue weighted by Gasteiger charge is 2.35. The van der Waals surface area contributed by atoms with Crippen molar-refractivity contribution in [3.63, 3.8) is 0 Å². The van der Waals surface area contributed by atoms with Crippen molar-refractivity contribution in [1.82, 2.24) is 25.2 Å². The highest BCUT2D eigenvalue weighted by molar-refractivity contribution is 5.83. The van der Waals surface area contributed by atoms with Gasteiger partial charge in [0.25, 0.3) is 5.56 Å². The second-order valence-electron chi connectivity index (χ2n) is 10.0. The van der Waals surface area contributed by atoms with Crippen LogP contribution in [0.3, 0.4) is 0 Å². The fraction of sp³-hybridized carbons (Fsp3) is 0.385. The lowest BCUT2D eigenvalue weighted by atomic mass is 9.95. The summed E-state index contributed by atoms with van der Waals surface area (Å²) in [6.07, 6.45) is 2.03. The Labute approximate surface area is 193 Å². The van der Waals surface area contributed by atoms with Gasteiger partial charge in [-0.2, -0.15) is 0 Å². The molecule has 33 heavy (non-hydrogen) atoms. The number of H-pyrrole nitrogens is 1. The highest BCUT2D eigenvalue weighted by Crippen LogP contribution is 2.37. The molecule has 2 aromatic heterocycles. The first-order valence-corrected chi connectivity index (χ1v) is 11.5. The van der Waals surface area contributed by atoms with E-state index in [1.807, 2.05) is 23.7 Å². The van der Waals surface area contributed by atoms with Crippen molar-refractivity contribution in [2.75, 3.05) is 11.4 Å². The van der Waals surface area contributed by atoms with Gasteiger partial charge in [0.05, 0.1) is 5.54 Å². The minimum absolute atomic E-state index is 0.107. The fourth-order valence-corrected chi connectivity index (χ4v) is 5.01. The van der Waals surface area contributed by atoms with Crippen LogP contribution < -0.4 is 10.5 Å². The number of nitrogens with zero attached hydrogens (tertiary/aromatic N) is 5. The lowest BCUT2D eigenvalue weighted by Crippen LogP contribution is -2.40. The number of hydrogen-bond acceptors (Lipinski definition) is 5. The van der Waals surface area contributed by atoms with Crippen LogP contribution >= 0.6 is 0 Å². The van der Waals surface area contributed by atoms with Crippen LogP contribution in [-0.2, 0) is 12.0 Å². The van der Waals surface area contributed by atoms with Crippen LogP contribution in [0.25, 0.3) is 10.9 Å². The number of anilines is 1. The molecule has 0 saturated heterocycles. The van der Waals surface area contributed by atoms with Crippen molar-refractivity contribution < 1.29 is 0 Å². The van der Waals surface area contributed by atoms with E-state index in [4.69, 9.17) is 0 Å². The summed E-state index contributed by atoms with van der Waals surface area (Å²) in [5, 5.41) is 13.9. The van der Waals surface area contributed by atoms with Gasteiger partial charge in [-0.25, -0.2) is 4.68 Å². The molecule has 1 aliphatic heterocycles. The molecule has 1 atom stereocenters. The number of aromatic nitrogens is 5. The molecule has 170 valence electrons. The van der Waals surface area contributed by atoms with E-state index < -0.39 is 6.04 Å². The molecule has 2 aromatic carbocycles. The van der Waals surface area contributed by atoms with Crippen LogP contribution in [0.2, 0.25) is 0 Å². The number of fused-ring (bicyclic) bond motifs is 2. The van der Waals surface area contributed by atoms with Crippen molar-refractivity contribution in [2.24, 2.45) is 0 Å². The first-order valence-electron chi connectivity index (χ1n) is 11.5. The Bertz CT molecular complexity index is 1390. The molecule has 0 spiro atoms. The molecule has 0 amide bonds. The van der Waals surface area contributed by atoms with Crippen LogP contribution in [0.15, 0.2) is 47.3 Å². The molecule has 4 aromatic rings. The van der Waals surface area contributed by atoms with Crippen molar-refractivity contribution in [3.8, 4) is 0 Å². The number of nitrogens with one attached hydrogen (secondary N) is 1. The number of rotatable bonds is 3. The second-order valence-corrected chi connectivity index (χ2v) is 10.0. The molecule has 1 aliphatic rings. The SMILES string of the molecule is Cc1cc(C)c2cc([C@@H](c3nnnn3C(C)(C)C)N3CCCc4ccccc43)c(=O)[nH]c2c1. The smallest absolute Gasteiger partial charge is 0.254 e. The van der Waals surface area contributed by atoms with Crippen LogP contribution in [0.5, 0.6) is 0 Å². The van der Waals surface area contributed by atoms with Gasteiger partial charge in [-0.1, -0.05) is 24.3 Å². The molecule has 5 rings (SSSR count). The molecule has 7 nitrogen and oxygen atoms in total. The van der Waals surface area contributed by atoms with Gasteiger partial charge in [0.1, 0.15) is 6.04 Å². The first-order chi connectivity index (χ1) is 15.7. The van der Waals surface area contributed by atoms with Gasteiger partial charge in [-0.15, -0.1) is 5.10 Å². The summed E-state index contributed by atoms with van der Waals surface area (Å²) in [6.45, 7) is 11.2. The Kier molecular flexibility index (Phi) is 5.07. The predicted molar refractivity (Wildman–Crippen MR) is 131 cm³/mol. The largest absolute Gasteiger partial charge is 0.357 e. The molecule has 0 aliphatic carbocycles. The number of benzene rings is 2. The minimum atomic E-state index is -0.408. The third-order valence-electron chi connectivity index (χ3n) is 6.47. The molecule has 1 N–H and O–H groups in total. The Morgan fingerprint density at radius 1 is 1.09 bits per heavy atom. The molecule has 0 radical (unpaired) electrons. The van der Waals surface area contributed by atoms with Crippen molar-refractivity contribution >= 4 is 16.6 Å². The monoisotopic (exact) mass is 442 g/mol. The summed E-state index contributed by atoms with van der Waals surface area (Å²) < 4.78 is 1.85. The number of hydrogen-bond donors (Lipinski definition) is 1. The Morgan fingerprint density at radius 3 is 2.67 bits per heavy atom. The van der Waals surface area contributed by atoms with Gasteiger partial charge in [0.15, 0.2) is 5.82 Å². The third-order valence-corrected chi connectivity index (χ3v) is 6.47. The number of aryl methyl sites for hydroxylation is 3. The molecule has 0 saturated carbocycles. The van der Waals surface area contributed by atoms with Gasteiger partial charge in [-0.3, -0.25) is 4.79 Å². The van der Waals surface area contributed by atoms with Crippen LogP contribution in [0.1, 0.15) is 61.3 Å².